The summed E-state index contributed by atoms with van der Waals surface area (Å²) in [5, 5.41) is 0. The Hall–Kier alpha value is -2.21. The van der Waals surface area contributed by atoms with Crippen molar-refractivity contribution in [3.63, 3.8) is 0 Å². The Balaban J connectivity index is 1.37. The number of benzene rings is 1. The van der Waals surface area contributed by atoms with Gasteiger partial charge in [0.15, 0.2) is 0 Å². The Morgan fingerprint density at radius 1 is 0.929 bits per heavy atom. The second-order valence-corrected chi connectivity index (χ2v) is 8.91. The van der Waals surface area contributed by atoms with Gasteiger partial charge < -0.3 is 10.6 Å². The van der Waals surface area contributed by atoms with Gasteiger partial charge in [0.05, 0.1) is 11.1 Å². The number of hydrogen-bond donors (Lipinski definition) is 1. The van der Waals surface area contributed by atoms with E-state index in [1.807, 2.05) is 4.90 Å². The average Bonchev–Trinajstić information content (AvgIpc) is 3.36. The van der Waals surface area contributed by atoms with E-state index in [9.17, 15) is 14.4 Å². The van der Waals surface area contributed by atoms with Gasteiger partial charge in [-0.15, -0.1) is 0 Å². The highest BCUT2D eigenvalue weighted by Gasteiger charge is 2.44. The molecule has 5 rings (SSSR count). The van der Waals surface area contributed by atoms with Gasteiger partial charge in [0.1, 0.15) is 0 Å². The second-order valence-electron chi connectivity index (χ2n) is 8.91. The van der Waals surface area contributed by atoms with Crippen molar-refractivity contribution in [1.82, 2.24) is 9.80 Å². The van der Waals surface area contributed by atoms with Gasteiger partial charge in [-0.05, 0) is 55.7 Å². The lowest BCUT2D eigenvalue weighted by atomic mass is 9.94. The van der Waals surface area contributed by atoms with Gasteiger partial charge in [-0.25, -0.2) is 0 Å². The molecule has 3 fully saturated rings. The third kappa shape index (κ3) is 2.69. The summed E-state index contributed by atoms with van der Waals surface area (Å²) >= 11 is 0. The molecule has 0 spiro atoms. The molecule has 2 N–H and O–H groups in total. The van der Waals surface area contributed by atoms with Crippen LogP contribution in [0, 0.1) is 11.8 Å². The summed E-state index contributed by atoms with van der Waals surface area (Å²) in [6.07, 6.45) is 7.18. The lowest BCUT2D eigenvalue weighted by Crippen LogP contribution is -2.40. The fourth-order valence-corrected chi connectivity index (χ4v) is 5.72. The van der Waals surface area contributed by atoms with Gasteiger partial charge in [0, 0.05) is 30.7 Å². The van der Waals surface area contributed by atoms with E-state index in [1.54, 1.807) is 18.2 Å². The lowest BCUT2D eigenvalue weighted by molar-refractivity contribution is 0.0548. The third-order valence-corrected chi connectivity index (χ3v) is 7.30. The van der Waals surface area contributed by atoms with Crippen LogP contribution >= 0.6 is 0 Å². The first-order valence-corrected chi connectivity index (χ1v) is 10.6. The molecule has 0 radical (unpaired) electrons. The standard InChI is InChI=1S/C22H27N3O3/c23-19-9-7-14-11-24(12-18(14)19)20(26)13-6-8-16-17(10-13)22(28)25(21(16)27)15-4-2-1-3-5-15/h6,8,10,14-15,18-19H,1-5,7,9,11-12,23H2. The molecule has 0 aromatic heterocycles. The maximum absolute atomic E-state index is 13.0. The molecule has 28 heavy (non-hydrogen) atoms. The second kappa shape index (κ2) is 6.69. The summed E-state index contributed by atoms with van der Waals surface area (Å²) in [6, 6.07) is 5.18. The zero-order valence-corrected chi connectivity index (χ0v) is 16.1. The number of nitrogens with zero attached hydrogens (tertiary/aromatic N) is 2. The average molecular weight is 381 g/mol. The Morgan fingerprint density at radius 3 is 2.43 bits per heavy atom. The molecule has 1 aromatic carbocycles. The molecule has 6 heteroatoms. The number of imide groups is 1. The van der Waals surface area contributed by atoms with E-state index in [4.69, 9.17) is 5.73 Å². The van der Waals surface area contributed by atoms with Crippen LogP contribution in [0.3, 0.4) is 0 Å². The van der Waals surface area contributed by atoms with Crippen LogP contribution < -0.4 is 5.73 Å². The van der Waals surface area contributed by atoms with E-state index < -0.39 is 0 Å². The summed E-state index contributed by atoms with van der Waals surface area (Å²) in [5.74, 6) is 0.400. The fourth-order valence-electron chi connectivity index (χ4n) is 5.72. The number of hydrogen-bond acceptors (Lipinski definition) is 4. The number of likely N-dealkylation sites (tertiary alicyclic amines) is 1. The Bertz CT molecular complexity index is 845. The lowest BCUT2D eigenvalue weighted by Gasteiger charge is -2.29. The Morgan fingerprint density at radius 2 is 1.68 bits per heavy atom. The van der Waals surface area contributed by atoms with Crippen molar-refractivity contribution >= 4 is 17.7 Å². The van der Waals surface area contributed by atoms with Crippen LogP contribution in [0.1, 0.15) is 76.0 Å². The minimum Gasteiger partial charge on any atom is -0.338 e. The molecule has 2 heterocycles. The van der Waals surface area contributed by atoms with Gasteiger partial charge in [-0.3, -0.25) is 19.3 Å². The maximum atomic E-state index is 13.0. The summed E-state index contributed by atoms with van der Waals surface area (Å²) in [4.78, 5) is 42.1. The predicted molar refractivity (Wildman–Crippen MR) is 104 cm³/mol. The van der Waals surface area contributed by atoms with E-state index in [-0.39, 0.29) is 29.8 Å². The van der Waals surface area contributed by atoms with E-state index in [0.29, 0.717) is 35.1 Å². The monoisotopic (exact) mass is 381 g/mol. The topological polar surface area (TPSA) is 83.7 Å². The van der Waals surface area contributed by atoms with Crippen molar-refractivity contribution in [1.29, 1.82) is 0 Å². The highest BCUT2D eigenvalue weighted by atomic mass is 16.2. The highest BCUT2D eigenvalue weighted by Crippen LogP contribution is 2.38. The number of rotatable bonds is 2. The van der Waals surface area contributed by atoms with Crippen LogP contribution in [-0.4, -0.2) is 52.7 Å². The number of fused-ring (bicyclic) bond motifs is 2. The van der Waals surface area contributed by atoms with Crippen molar-refractivity contribution < 1.29 is 14.4 Å². The number of amides is 3. The van der Waals surface area contributed by atoms with Gasteiger partial charge in [0.2, 0.25) is 0 Å². The molecule has 1 saturated heterocycles. The zero-order chi connectivity index (χ0) is 19.4. The zero-order valence-electron chi connectivity index (χ0n) is 16.1. The van der Waals surface area contributed by atoms with E-state index >= 15 is 0 Å². The van der Waals surface area contributed by atoms with Crippen molar-refractivity contribution in [3.8, 4) is 0 Å². The number of carbonyl (C=O) groups is 3. The number of carbonyl (C=O) groups excluding carboxylic acids is 3. The summed E-state index contributed by atoms with van der Waals surface area (Å²) in [7, 11) is 0. The summed E-state index contributed by atoms with van der Waals surface area (Å²) in [6.45, 7) is 1.44. The molecule has 2 saturated carbocycles. The van der Waals surface area contributed by atoms with E-state index in [2.05, 4.69) is 0 Å². The van der Waals surface area contributed by atoms with Crippen LogP contribution in [0.5, 0.6) is 0 Å². The molecule has 6 nitrogen and oxygen atoms in total. The van der Waals surface area contributed by atoms with Gasteiger partial charge in [0.25, 0.3) is 17.7 Å². The van der Waals surface area contributed by atoms with Crippen molar-refractivity contribution in [3.05, 3.63) is 34.9 Å². The first kappa shape index (κ1) is 17.9. The van der Waals surface area contributed by atoms with Crippen LogP contribution in [0.4, 0.5) is 0 Å². The molecule has 3 unspecified atom stereocenters. The smallest absolute Gasteiger partial charge is 0.261 e. The molecule has 2 aliphatic heterocycles. The Kier molecular flexibility index (Phi) is 4.27. The van der Waals surface area contributed by atoms with Crippen LogP contribution in [-0.2, 0) is 0 Å². The molecule has 3 amide bonds. The first-order valence-electron chi connectivity index (χ1n) is 10.6. The highest BCUT2D eigenvalue weighted by molar-refractivity contribution is 6.22. The maximum Gasteiger partial charge on any atom is 0.261 e. The third-order valence-electron chi connectivity index (χ3n) is 7.30. The van der Waals surface area contributed by atoms with Crippen molar-refractivity contribution in [2.45, 2.75) is 57.0 Å². The summed E-state index contributed by atoms with van der Waals surface area (Å²) in [5.41, 5.74) is 7.51. The predicted octanol–water partition coefficient (Wildman–Crippen LogP) is 2.42. The van der Waals surface area contributed by atoms with Crippen molar-refractivity contribution in [2.24, 2.45) is 17.6 Å². The van der Waals surface area contributed by atoms with E-state index in [0.717, 1.165) is 45.1 Å². The largest absolute Gasteiger partial charge is 0.338 e. The van der Waals surface area contributed by atoms with E-state index in [1.165, 1.54) is 11.3 Å². The fraction of sp³-hybridized carbons (Fsp3) is 0.591. The van der Waals surface area contributed by atoms with Crippen LogP contribution in [0.15, 0.2) is 18.2 Å². The Labute approximate surface area is 165 Å². The number of nitrogens with two attached hydrogens (primary N) is 1. The molecule has 4 aliphatic rings. The van der Waals surface area contributed by atoms with Crippen LogP contribution in [0.25, 0.3) is 0 Å². The minimum absolute atomic E-state index is 0.000235. The molecule has 2 aliphatic carbocycles. The normalized spacial score (nSPS) is 30.1. The molecule has 1 aromatic rings. The minimum atomic E-state index is -0.234. The van der Waals surface area contributed by atoms with Gasteiger partial charge in [-0.2, -0.15) is 0 Å². The van der Waals surface area contributed by atoms with Crippen LogP contribution in [0.2, 0.25) is 0 Å². The van der Waals surface area contributed by atoms with Gasteiger partial charge in [-0.1, -0.05) is 19.3 Å². The SMILES string of the molecule is NC1CCC2CN(C(=O)c3ccc4c(c3)C(=O)N(C3CCCCC3)C4=O)CC12. The molecular formula is C22H27N3O3. The van der Waals surface area contributed by atoms with Gasteiger partial charge >= 0.3 is 0 Å². The molecular weight excluding hydrogens is 354 g/mol. The molecule has 3 atom stereocenters. The molecule has 148 valence electrons. The summed E-state index contributed by atoms with van der Waals surface area (Å²) < 4.78 is 0. The molecule has 0 bridgehead atoms. The van der Waals surface area contributed by atoms with Crippen molar-refractivity contribution in [2.75, 3.05) is 13.1 Å². The quantitative estimate of drug-likeness (QED) is 0.798. The first-order chi connectivity index (χ1) is 13.5.